The Hall–Kier alpha value is -1.74. The molecule has 100 valence electrons. The smallest absolute Gasteiger partial charge is 0.345 e. The lowest BCUT2D eigenvalue weighted by Gasteiger charge is -2.19. The average molecular weight is 279 g/mol. The second-order valence-electron chi connectivity index (χ2n) is 4.71. The maximum atomic E-state index is 11.2. The first-order chi connectivity index (χ1) is 9.00. The summed E-state index contributed by atoms with van der Waals surface area (Å²) in [6.45, 7) is 3.63. The summed E-state index contributed by atoms with van der Waals surface area (Å²) in [4.78, 5) is 11.2. The summed E-state index contributed by atoms with van der Waals surface area (Å²) < 4.78 is 5.65. The van der Waals surface area contributed by atoms with Crippen LogP contribution in [0.1, 0.15) is 13.8 Å². The Balaban J connectivity index is 2.46. The fraction of sp³-hybridized carbons (Fsp3) is 0.267. The van der Waals surface area contributed by atoms with E-state index in [4.69, 9.17) is 16.3 Å². The molecule has 1 unspecified atom stereocenters. The van der Waals surface area contributed by atoms with E-state index in [-0.39, 0.29) is 5.92 Å². The van der Waals surface area contributed by atoms with Gasteiger partial charge in [0.15, 0.2) is 6.10 Å². The van der Waals surface area contributed by atoms with Crippen molar-refractivity contribution in [2.24, 2.45) is 5.92 Å². The van der Waals surface area contributed by atoms with Gasteiger partial charge in [-0.3, -0.25) is 0 Å². The van der Waals surface area contributed by atoms with Gasteiger partial charge in [-0.2, -0.15) is 0 Å². The van der Waals surface area contributed by atoms with Gasteiger partial charge in [0.2, 0.25) is 0 Å². The fourth-order valence-electron chi connectivity index (χ4n) is 1.95. The number of halogens is 1. The zero-order chi connectivity index (χ0) is 14.0. The van der Waals surface area contributed by atoms with Crippen LogP contribution < -0.4 is 4.74 Å². The van der Waals surface area contributed by atoms with Crippen LogP contribution in [0.2, 0.25) is 5.02 Å². The second kappa shape index (κ2) is 5.49. The number of ether oxygens (including phenoxy) is 1. The van der Waals surface area contributed by atoms with Gasteiger partial charge in [-0.25, -0.2) is 4.79 Å². The first-order valence-electron chi connectivity index (χ1n) is 6.07. The van der Waals surface area contributed by atoms with Crippen molar-refractivity contribution < 1.29 is 14.6 Å². The second-order valence-corrected chi connectivity index (χ2v) is 5.12. The summed E-state index contributed by atoms with van der Waals surface area (Å²) in [5.74, 6) is -0.540. The zero-order valence-corrected chi connectivity index (χ0v) is 11.5. The van der Waals surface area contributed by atoms with Crippen LogP contribution >= 0.6 is 11.6 Å². The zero-order valence-electron chi connectivity index (χ0n) is 10.8. The molecule has 1 N–H and O–H groups in total. The van der Waals surface area contributed by atoms with Crippen molar-refractivity contribution in [2.45, 2.75) is 20.0 Å². The molecule has 0 aliphatic heterocycles. The number of carboxylic acids is 1. The normalized spacial score (nSPS) is 12.6. The summed E-state index contributed by atoms with van der Waals surface area (Å²) >= 11 is 6.12. The van der Waals surface area contributed by atoms with E-state index in [0.717, 1.165) is 10.8 Å². The van der Waals surface area contributed by atoms with E-state index in [2.05, 4.69) is 0 Å². The molecule has 0 bridgehead atoms. The predicted molar refractivity (Wildman–Crippen MR) is 75.8 cm³/mol. The van der Waals surface area contributed by atoms with E-state index in [1.54, 1.807) is 12.1 Å². The van der Waals surface area contributed by atoms with Crippen molar-refractivity contribution in [1.82, 2.24) is 0 Å². The summed E-state index contributed by atoms with van der Waals surface area (Å²) in [7, 11) is 0. The first kappa shape index (κ1) is 13.7. The fourth-order valence-corrected chi connectivity index (χ4v) is 2.17. The SMILES string of the molecule is CC(C)C(Oc1ccc(Cl)c2ccccc12)C(=O)O. The van der Waals surface area contributed by atoms with Gasteiger partial charge < -0.3 is 9.84 Å². The molecule has 0 aromatic heterocycles. The summed E-state index contributed by atoms with van der Waals surface area (Å²) in [5, 5.41) is 11.5. The first-order valence-corrected chi connectivity index (χ1v) is 6.45. The maximum Gasteiger partial charge on any atom is 0.345 e. The van der Waals surface area contributed by atoms with E-state index in [1.165, 1.54) is 0 Å². The molecule has 3 nitrogen and oxygen atoms in total. The van der Waals surface area contributed by atoms with Crippen molar-refractivity contribution in [2.75, 3.05) is 0 Å². The van der Waals surface area contributed by atoms with Crippen molar-refractivity contribution in [3.05, 3.63) is 41.4 Å². The summed E-state index contributed by atoms with van der Waals surface area (Å²) in [5.41, 5.74) is 0. The molecule has 2 aromatic carbocycles. The van der Waals surface area contributed by atoms with Crippen molar-refractivity contribution in [1.29, 1.82) is 0 Å². The molecule has 1 atom stereocenters. The van der Waals surface area contributed by atoms with Crippen LogP contribution in [0.3, 0.4) is 0 Å². The number of carboxylic acid groups (broad SMARTS) is 1. The summed E-state index contributed by atoms with van der Waals surface area (Å²) in [6, 6.07) is 10.9. The lowest BCUT2D eigenvalue weighted by molar-refractivity contribution is -0.147. The van der Waals surface area contributed by atoms with E-state index in [1.807, 2.05) is 38.1 Å². The molecular formula is C15H15ClO3. The molecule has 0 aliphatic carbocycles. The Morgan fingerprint density at radius 2 is 1.79 bits per heavy atom. The molecule has 0 saturated heterocycles. The molecule has 19 heavy (non-hydrogen) atoms. The third kappa shape index (κ3) is 2.82. The highest BCUT2D eigenvalue weighted by molar-refractivity contribution is 6.35. The molecular weight excluding hydrogens is 264 g/mol. The van der Waals surface area contributed by atoms with Crippen molar-refractivity contribution in [3.63, 3.8) is 0 Å². The Kier molecular flexibility index (Phi) is 3.96. The van der Waals surface area contributed by atoms with E-state index >= 15 is 0 Å². The largest absolute Gasteiger partial charge is 0.478 e. The van der Waals surface area contributed by atoms with Gasteiger partial charge >= 0.3 is 5.97 Å². The van der Waals surface area contributed by atoms with Gasteiger partial charge in [-0.15, -0.1) is 0 Å². The highest BCUT2D eigenvalue weighted by Gasteiger charge is 2.24. The highest BCUT2D eigenvalue weighted by atomic mass is 35.5. The lowest BCUT2D eigenvalue weighted by Crippen LogP contribution is -2.32. The molecule has 4 heteroatoms. The summed E-state index contributed by atoms with van der Waals surface area (Å²) in [6.07, 6.45) is -0.871. The van der Waals surface area contributed by atoms with Gasteiger partial charge in [0.1, 0.15) is 5.75 Å². The Bertz CT molecular complexity index is 607. The molecule has 2 rings (SSSR count). The number of aliphatic carboxylic acids is 1. The quantitative estimate of drug-likeness (QED) is 0.920. The number of hydrogen-bond donors (Lipinski definition) is 1. The van der Waals surface area contributed by atoms with Gasteiger partial charge in [0.05, 0.1) is 0 Å². The Morgan fingerprint density at radius 3 is 2.37 bits per heavy atom. The van der Waals surface area contributed by atoms with Crippen LogP contribution in [0.4, 0.5) is 0 Å². The highest BCUT2D eigenvalue weighted by Crippen LogP contribution is 2.32. The molecule has 0 aliphatic rings. The van der Waals surface area contributed by atoms with Crippen molar-refractivity contribution >= 4 is 28.3 Å². The van der Waals surface area contributed by atoms with Crippen LogP contribution in [0.25, 0.3) is 10.8 Å². The van der Waals surface area contributed by atoms with Gasteiger partial charge in [0.25, 0.3) is 0 Å². The molecule has 0 heterocycles. The number of hydrogen-bond acceptors (Lipinski definition) is 2. The Morgan fingerprint density at radius 1 is 1.16 bits per heavy atom. The lowest BCUT2D eigenvalue weighted by atomic mass is 10.1. The molecule has 0 fully saturated rings. The molecule has 2 aromatic rings. The van der Waals surface area contributed by atoms with Crippen LogP contribution in [-0.2, 0) is 4.79 Å². The molecule has 0 amide bonds. The van der Waals surface area contributed by atoms with Gasteiger partial charge in [0, 0.05) is 21.7 Å². The third-order valence-electron chi connectivity index (χ3n) is 2.93. The average Bonchev–Trinajstić information content (AvgIpc) is 2.37. The van der Waals surface area contributed by atoms with Crippen LogP contribution in [-0.4, -0.2) is 17.2 Å². The third-order valence-corrected chi connectivity index (χ3v) is 3.26. The van der Waals surface area contributed by atoms with Crippen LogP contribution in [0.5, 0.6) is 5.75 Å². The predicted octanol–water partition coefficient (Wildman–Crippen LogP) is 3.98. The molecule has 0 saturated carbocycles. The number of benzene rings is 2. The molecule has 0 radical (unpaired) electrons. The van der Waals surface area contributed by atoms with Crippen LogP contribution in [0, 0.1) is 5.92 Å². The maximum absolute atomic E-state index is 11.2. The van der Waals surface area contributed by atoms with Gasteiger partial charge in [-0.05, 0) is 12.1 Å². The van der Waals surface area contributed by atoms with E-state index in [9.17, 15) is 9.90 Å². The van der Waals surface area contributed by atoms with E-state index in [0.29, 0.717) is 10.8 Å². The topological polar surface area (TPSA) is 46.5 Å². The van der Waals surface area contributed by atoms with E-state index < -0.39 is 12.1 Å². The standard InChI is InChI=1S/C15H15ClO3/c1-9(2)14(15(17)18)19-13-8-7-12(16)10-5-3-4-6-11(10)13/h3-9,14H,1-2H3,(H,17,18). The number of fused-ring (bicyclic) bond motifs is 1. The number of carbonyl (C=O) groups is 1. The van der Waals surface area contributed by atoms with Crippen LogP contribution in [0.15, 0.2) is 36.4 Å². The van der Waals surface area contributed by atoms with Crippen molar-refractivity contribution in [3.8, 4) is 5.75 Å². The molecule has 0 spiro atoms. The monoisotopic (exact) mass is 278 g/mol. The number of rotatable bonds is 4. The minimum atomic E-state index is -0.964. The van der Waals surface area contributed by atoms with Gasteiger partial charge in [-0.1, -0.05) is 49.7 Å². The minimum Gasteiger partial charge on any atom is -0.478 e. The minimum absolute atomic E-state index is 0.119. The Labute approximate surface area is 116 Å².